The molecule has 5 nitrogen and oxygen atoms in total. The molecular weight excluding hydrogens is 350 g/mol. The van der Waals surface area contributed by atoms with Crippen LogP contribution in [0.4, 0.5) is 0 Å². The number of aryl methyl sites for hydroxylation is 2. The Bertz CT molecular complexity index is 921. The fourth-order valence-electron chi connectivity index (χ4n) is 3.30. The summed E-state index contributed by atoms with van der Waals surface area (Å²) < 4.78 is 32.8. The highest BCUT2D eigenvalue weighted by Gasteiger charge is 2.21. The third kappa shape index (κ3) is 3.97. The molecule has 0 unspecified atom stereocenters. The van der Waals surface area contributed by atoms with Gasteiger partial charge in [-0.3, -0.25) is 0 Å². The van der Waals surface area contributed by atoms with Crippen LogP contribution in [0.1, 0.15) is 52.9 Å². The standard InChI is InChI=1S/C20H23NO4S/c1-14(16-11-10-15-6-3-4-7-17(15)12-16)21-26(23,24)19-9-5-8-18(13-19)20(22)25-2/h5,8-14,21H,3-4,6-7H2,1-2H3/t14-/m1/s1. The lowest BCUT2D eigenvalue weighted by Gasteiger charge is -2.20. The molecule has 0 saturated heterocycles. The zero-order valence-corrected chi connectivity index (χ0v) is 15.8. The third-order valence-electron chi connectivity index (χ3n) is 4.77. The number of methoxy groups -OCH3 is 1. The molecule has 0 saturated carbocycles. The molecule has 2 aromatic rings. The Morgan fingerprint density at radius 2 is 1.81 bits per heavy atom. The van der Waals surface area contributed by atoms with Crippen LogP contribution in [0, 0.1) is 0 Å². The highest BCUT2D eigenvalue weighted by Crippen LogP contribution is 2.25. The van der Waals surface area contributed by atoms with Crippen LogP contribution in [-0.2, 0) is 27.6 Å². The van der Waals surface area contributed by atoms with Crippen LogP contribution in [0.5, 0.6) is 0 Å². The summed E-state index contributed by atoms with van der Waals surface area (Å²) in [6, 6.07) is 11.7. The van der Waals surface area contributed by atoms with Gasteiger partial charge in [0.25, 0.3) is 0 Å². The molecule has 0 radical (unpaired) electrons. The molecule has 0 aliphatic heterocycles. The van der Waals surface area contributed by atoms with Crippen LogP contribution in [-0.4, -0.2) is 21.5 Å². The van der Waals surface area contributed by atoms with Crippen molar-refractivity contribution in [1.29, 1.82) is 0 Å². The number of carbonyl (C=O) groups is 1. The molecule has 1 atom stereocenters. The molecule has 2 aromatic carbocycles. The summed E-state index contributed by atoms with van der Waals surface area (Å²) in [5, 5.41) is 0. The molecule has 6 heteroatoms. The molecule has 138 valence electrons. The SMILES string of the molecule is COC(=O)c1cccc(S(=O)(=O)N[C@H](C)c2ccc3c(c2)CCCC3)c1. The van der Waals surface area contributed by atoms with Gasteiger partial charge < -0.3 is 4.74 Å². The van der Waals surface area contributed by atoms with E-state index in [1.807, 2.05) is 13.0 Å². The first-order valence-corrected chi connectivity index (χ1v) is 10.2. The zero-order valence-electron chi connectivity index (χ0n) is 15.0. The first-order chi connectivity index (χ1) is 12.4. The van der Waals surface area contributed by atoms with Crippen LogP contribution >= 0.6 is 0 Å². The van der Waals surface area contributed by atoms with Crippen LogP contribution in [0.15, 0.2) is 47.4 Å². The molecule has 1 aliphatic carbocycles. The van der Waals surface area contributed by atoms with Gasteiger partial charge >= 0.3 is 5.97 Å². The molecule has 0 amide bonds. The Morgan fingerprint density at radius 1 is 1.08 bits per heavy atom. The number of sulfonamides is 1. The number of esters is 1. The lowest BCUT2D eigenvalue weighted by atomic mass is 9.89. The van der Waals surface area contributed by atoms with E-state index in [-0.39, 0.29) is 16.5 Å². The van der Waals surface area contributed by atoms with Gasteiger partial charge in [-0.25, -0.2) is 17.9 Å². The second-order valence-electron chi connectivity index (χ2n) is 6.60. The van der Waals surface area contributed by atoms with Gasteiger partial charge in [0.1, 0.15) is 0 Å². The minimum Gasteiger partial charge on any atom is -0.465 e. The summed E-state index contributed by atoms with van der Waals surface area (Å²) in [6.07, 6.45) is 4.53. The predicted molar refractivity (Wildman–Crippen MR) is 99.6 cm³/mol. The topological polar surface area (TPSA) is 72.5 Å². The second kappa shape index (κ2) is 7.60. The summed E-state index contributed by atoms with van der Waals surface area (Å²) in [5.41, 5.74) is 3.82. The quantitative estimate of drug-likeness (QED) is 0.816. The van der Waals surface area contributed by atoms with E-state index in [0.717, 1.165) is 18.4 Å². The van der Waals surface area contributed by atoms with Crippen LogP contribution in [0.2, 0.25) is 0 Å². The first-order valence-electron chi connectivity index (χ1n) is 8.73. The van der Waals surface area contributed by atoms with E-state index in [1.54, 1.807) is 0 Å². The Hall–Kier alpha value is -2.18. The molecule has 0 spiro atoms. The maximum absolute atomic E-state index is 12.7. The molecule has 0 bridgehead atoms. The zero-order chi connectivity index (χ0) is 18.7. The van der Waals surface area contributed by atoms with E-state index in [2.05, 4.69) is 21.6 Å². The molecule has 0 heterocycles. The first kappa shape index (κ1) is 18.6. The number of fused-ring (bicyclic) bond motifs is 1. The molecule has 1 aliphatic rings. The number of benzene rings is 2. The lowest BCUT2D eigenvalue weighted by Crippen LogP contribution is -2.27. The fraction of sp³-hybridized carbons (Fsp3) is 0.350. The Balaban J connectivity index is 1.82. The average molecular weight is 373 g/mol. The Morgan fingerprint density at radius 3 is 2.54 bits per heavy atom. The van der Waals surface area contributed by atoms with E-state index in [0.29, 0.717) is 0 Å². The summed E-state index contributed by atoms with van der Waals surface area (Å²) in [5.74, 6) is -0.565. The predicted octanol–water partition coefficient (Wildman–Crippen LogP) is 3.39. The largest absolute Gasteiger partial charge is 0.465 e. The van der Waals surface area contributed by atoms with Crippen molar-refractivity contribution in [3.05, 3.63) is 64.7 Å². The summed E-state index contributed by atoms with van der Waals surface area (Å²) >= 11 is 0. The Kier molecular flexibility index (Phi) is 5.44. The molecule has 3 rings (SSSR count). The van der Waals surface area contributed by atoms with Gasteiger partial charge in [0, 0.05) is 6.04 Å². The average Bonchev–Trinajstić information content (AvgIpc) is 2.66. The smallest absolute Gasteiger partial charge is 0.337 e. The molecule has 26 heavy (non-hydrogen) atoms. The summed E-state index contributed by atoms with van der Waals surface area (Å²) in [7, 11) is -2.49. The van der Waals surface area contributed by atoms with Crippen LogP contribution in [0.3, 0.4) is 0 Å². The van der Waals surface area contributed by atoms with Gasteiger partial charge in [-0.2, -0.15) is 0 Å². The maximum Gasteiger partial charge on any atom is 0.337 e. The van der Waals surface area contributed by atoms with Gasteiger partial charge in [0.15, 0.2) is 0 Å². The van der Waals surface area contributed by atoms with Gasteiger partial charge in [0.2, 0.25) is 10.0 Å². The maximum atomic E-state index is 12.7. The highest BCUT2D eigenvalue weighted by molar-refractivity contribution is 7.89. The van der Waals surface area contributed by atoms with Crippen molar-refractivity contribution >= 4 is 16.0 Å². The van der Waals surface area contributed by atoms with Crippen molar-refractivity contribution < 1.29 is 17.9 Å². The third-order valence-corrected chi connectivity index (χ3v) is 6.31. The number of carbonyl (C=O) groups excluding carboxylic acids is 1. The second-order valence-corrected chi connectivity index (χ2v) is 8.31. The number of hydrogen-bond donors (Lipinski definition) is 1. The molecule has 0 aromatic heterocycles. The van der Waals surface area contributed by atoms with Crippen LogP contribution < -0.4 is 4.72 Å². The number of hydrogen-bond acceptors (Lipinski definition) is 4. The van der Waals surface area contributed by atoms with Gasteiger partial charge in [-0.1, -0.05) is 24.3 Å². The van der Waals surface area contributed by atoms with Crippen molar-refractivity contribution in [2.24, 2.45) is 0 Å². The van der Waals surface area contributed by atoms with E-state index in [4.69, 9.17) is 0 Å². The summed E-state index contributed by atoms with van der Waals surface area (Å²) in [6.45, 7) is 1.83. The van der Waals surface area contributed by atoms with E-state index in [9.17, 15) is 13.2 Å². The lowest BCUT2D eigenvalue weighted by molar-refractivity contribution is 0.0600. The van der Waals surface area contributed by atoms with Crippen molar-refractivity contribution in [2.75, 3.05) is 7.11 Å². The molecular formula is C20H23NO4S. The number of rotatable bonds is 5. The van der Waals surface area contributed by atoms with Gasteiger partial charge in [0.05, 0.1) is 17.6 Å². The highest BCUT2D eigenvalue weighted by atomic mass is 32.2. The van der Waals surface area contributed by atoms with Crippen molar-refractivity contribution in [1.82, 2.24) is 4.72 Å². The van der Waals surface area contributed by atoms with Gasteiger partial charge in [-0.15, -0.1) is 0 Å². The van der Waals surface area contributed by atoms with Crippen molar-refractivity contribution in [2.45, 2.75) is 43.5 Å². The van der Waals surface area contributed by atoms with Gasteiger partial charge in [-0.05, 0) is 67.5 Å². The monoisotopic (exact) mass is 373 g/mol. The van der Waals surface area contributed by atoms with E-state index < -0.39 is 16.0 Å². The summed E-state index contributed by atoms with van der Waals surface area (Å²) in [4.78, 5) is 11.7. The fourth-order valence-corrected chi connectivity index (χ4v) is 4.58. The molecule has 0 fully saturated rings. The van der Waals surface area contributed by atoms with Crippen molar-refractivity contribution in [3.8, 4) is 0 Å². The minimum atomic E-state index is -3.75. The number of ether oxygens (including phenoxy) is 1. The Labute approximate surface area is 154 Å². The normalized spacial score (nSPS) is 15.2. The van der Waals surface area contributed by atoms with Crippen molar-refractivity contribution in [3.63, 3.8) is 0 Å². The molecule has 1 N–H and O–H groups in total. The van der Waals surface area contributed by atoms with Crippen LogP contribution in [0.25, 0.3) is 0 Å². The van der Waals surface area contributed by atoms with E-state index >= 15 is 0 Å². The minimum absolute atomic E-state index is 0.0465. The van der Waals surface area contributed by atoms with E-state index in [1.165, 1.54) is 55.3 Å². The number of nitrogens with one attached hydrogen (secondary N) is 1.